The topological polar surface area (TPSA) is 38.7 Å². The Hall–Kier alpha value is -2.50. The Morgan fingerprint density at radius 2 is 1.22 bits per heavy atom. The van der Waals surface area contributed by atoms with Crippen LogP contribution in [0.4, 0.5) is 0 Å². The van der Waals surface area contributed by atoms with Gasteiger partial charge < -0.3 is 14.3 Å². The molecule has 3 aromatic carbocycles. The molecule has 0 spiro atoms. The summed E-state index contributed by atoms with van der Waals surface area (Å²) in [7, 11) is -2.05. The Kier molecular flexibility index (Phi) is 7.72. The highest BCUT2D eigenvalue weighted by Crippen LogP contribution is 2.45. The number of hydrogen-bond donors (Lipinski definition) is 1. The quantitative estimate of drug-likeness (QED) is 0.200. The highest BCUT2D eigenvalue weighted by Gasteiger charge is 2.47. The molecule has 3 nitrogen and oxygen atoms in total. The van der Waals surface area contributed by atoms with E-state index in [0.29, 0.717) is 13.0 Å². The van der Waals surface area contributed by atoms with Gasteiger partial charge >= 0.3 is 0 Å². The fourth-order valence-electron chi connectivity index (χ4n) is 4.90. The average molecular weight is 501 g/mol. The van der Waals surface area contributed by atoms with Crippen molar-refractivity contribution < 1.29 is 14.3 Å². The molecule has 3 aromatic rings. The van der Waals surface area contributed by atoms with Crippen molar-refractivity contribution in [3.63, 3.8) is 0 Å². The molecule has 4 rings (SSSR count). The van der Waals surface area contributed by atoms with Crippen LogP contribution in [0.5, 0.6) is 0 Å². The maximum absolute atomic E-state index is 10.8. The first-order chi connectivity index (χ1) is 17.1. The zero-order valence-corrected chi connectivity index (χ0v) is 23.3. The van der Waals surface area contributed by atoms with Crippen LogP contribution < -0.4 is 0 Å². The largest absolute Gasteiger partial charge is 0.413 e. The van der Waals surface area contributed by atoms with Crippen molar-refractivity contribution in [1.29, 1.82) is 0 Å². The van der Waals surface area contributed by atoms with E-state index in [1.54, 1.807) is 0 Å². The third-order valence-electron chi connectivity index (χ3n) is 8.08. The molecular weight excluding hydrogens is 460 g/mol. The Morgan fingerprint density at radius 1 is 0.806 bits per heavy atom. The van der Waals surface area contributed by atoms with E-state index in [1.165, 1.54) is 0 Å². The fourth-order valence-corrected chi connectivity index (χ4v) is 6.28. The molecule has 0 heterocycles. The predicted molar refractivity (Wildman–Crippen MR) is 150 cm³/mol. The molecule has 4 heteroatoms. The summed E-state index contributed by atoms with van der Waals surface area (Å²) in [6.45, 7) is 15.9. The van der Waals surface area contributed by atoms with Gasteiger partial charge in [0.05, 0.1) is 18.8 Å². The molecule has 1 fully saturated rings. The number of hydrogen-bond acceptors (Lipinski definition) is 3. The lowest BCUT2D eigenvalue weighted by Crippen LogP contribution is -2.46. The summed E-state index contributed by atoms with van der Waals surface area (Å²) in [6.07, 6.45) is -0.129. The molecule has 1 aliphatic rings. The van der Waals surface area contributed by atoms with Gasteiger partial charge in [-0.1, -0.05) is 118 Å². The zero-order chi connectivity index (χ0) is 26.0. The second kappa shape index (κ2) is 10.5. The van der Waals surface area contributed by atoms with Crippen LogP contribution in [0.15, 0.2) is 103 Å². The van der Waals surface area contributed by atoms with Gasteiger partial charge in [-0.15, -0.1) is 0 Å². The Labute approximate surface area is 217 Å². The minimum Gasteiger partial charge on any atom is -0.413 e. The summed E-state index contributed by atoms with van der Waals surface area (Å²) in [6, 6.07) is 31.2. The molecule has 0 unspecified atom stereocenters. The van der Waals surface area contributed by atoms with Crippen LogP contribution in [0.3, 0.4) is 0 Å². The summed E-state index contributed by atoms with van der Waals surface area (Å²) < 4.78 is 13.9. The molecule has 190 valence electrons. The van der Waals surface area contributed by atoms with E-state index in [9.17, 15) is 5.11 Å². The smallest absolute Gasteiger partial charge is 0.192 e. The van der Waals surface area contributed by atoms with Gasteiger partial charge in [0, 0.05) is 12.3 Å². The normalized spacial score (nSPS) is 21.1. The third-order valence-corrected chi connectivity index (χ3v) is 12.6. The highest BCUT2D eigenvalue weighted by molar-refractivity contribution is 6.74. The fraction of sp³-hybridized carbons (Fsp3) is 0.375. The van der Waals surface area contributed by atoms with E-state index in [4.69, 9.17) is 9.16 Å². The van der Waals surface area contributed by atoms with E-state index < -0.39 is 20.0 Å². The predicted octanol–water partition coefficient (Wildman–Crippen LogP) is 7.32. The molecule has 0 amide bonds. The lowest BCUT2D eigenvalue weighted by molar-refractivity contribution is -0.0202. The average Bonchev–Trinajstić information content (AvgIpc) is 3.12. The highest BCUT2D eigenvalue weighted by atomic mass is 28.4. The molecule has 1 saturated carbocycles. The van der Waals surface area contributed by atoms with Gasteiger partial charge in [-0.2, -0.15) is 0 Å². The Balaban J connectivity index is 1.76. The maximum atomic E-state index is 10.8. The van der Waals surface area contributed by atoms with Crippen molar-refractivity contribution in [1.82, 2.24) is 0 Å². The summed E-state index contributed by atoms with van der Waals surface area (Å²) in [5, 5.41) is 10.9. The van der Waals surface area contributed by atoms with E-state index in [0.717, 1.165) is 22.3 Å². The second-order valence-corrected chi connectivity index (χ2v) is 16.2. The minimum atomic E-state index is -2.05. The molecular formula is C32H40O3Si. The molecule has 0 radical (unpaired) electrons. The van der Waals surface area contributed by atoms with Gasteiger partial charge in [-0.25, -0.2) is 0 Å². The molecule has 3 atom stereocenters. The molecule has 1 N–H and O–H groups in total. The van der Waals surface area contributed by atoms with E-state index >= 15 is 0 Å². The SMILES string of the molecule is C=C1[C@H](O)C[C@H](O[Si](C)(C)C(C)(C)C)[C@H]1COC(c1ccccc1)(c1ccccc1)c1ccccc1. The molecule has 0 aliphatic heterocycles. The first-order valence-corrected chi connectivity index (χ1v) is 15.8. The monoisotopic (exact) mass is 500 g/mol. The van der Waals surface area contributed by atoms with Gasteiger partial charge in [0.1, 0.15) is 5.60 Å². The summed E-state index contributed by atoms with van der Waals surface area (Å²) >= 11 is 0. The van der Waals surface area contributed by atoms with Gasteiger partial charge in [0.25, 0.3) is 0 Å². The number of aliphatic hydroxyl groups excluding tert-OH is 1. The Bertz CT molecular complexity index is 1040. The van der Waals surface area contributed by atoms with E-state index in [-0.39, 0.29) is 17.1 Å². The van der Waals surface area contributed by atoms with Crippen molar-refractivity contribution in [3.05, 3.63) is 120 Å². The van der Waals surface area contributed by atoms with Gasteiger partial charge in [0.2, 0.25) is 0 Å². The number of rotatable bonds is 8. The number of aliphatic hydroxyl groups is 1. The lowest BCUT2D eigenvalue weighted by Gasteiger charge is -2.41. The van der Waals surface area contributed by atoms with Crippen LogP contribution in [0, 0.1) is 5.92 Å². The van der Waals surface area contributed by atoms with Crippen LogP contribution in [0.2, 0.25) is 18.1 Å². The van der Waals surface area contributed by atoms with E-state index in [1.807, 2.05) is 18.2 Å². The van der Waals surface area contributed by atoms with Crippen molar-refractivity contribution in [2.24, 2.45) is 5.92 Å². The maximum Gasteiger partial charge on any atom is 0.192 e. The molecule has 1 aliphatic carbocycles. The summed E-state index contributed by atoms with van der Waals surface area (Å²) in [5.74, 6) is -0.0929. The summed E-state index contributed by atoms with van der Waals surface area (Å²) in [4.78, 5) is 0. The molecule has 36 heavy (non-hydrogen) atoms. The number of ether oxygens (including phenoxy) is 1. The summed E-state index contributed by atoms with van der Waals surface area (Å²) in [5.41, 5.74) is 3.19. The first-order valence-electron chi connectivity index (χ1n) is 12.9. The van der Waals surface area contributed by atoms with Crippen molar-refractivity contribution in [2.45, 2.75) is 63.1 Å². The zero-order valence-electron chi connectivity index (χ0n) is 22.3. The molecule has 0 aromatic heterocycles. The van der Waals surface area contributed by atoms with Gasteiger partial charge in [0.15, 0.2) is 8.32 Å². The van der Waals surface area contributed by atoms with Gasteiger partial charge in [-0.3, -0.25) is 0 Å². The standard InChI is InChI=1S/C32H40O3Si/c1-24-28(30(22-29(24)33)35-36(5,6)31(2,3)4)23-34-32(25-16-10-7-11-17-25,26-18-12-8-13-19-26)27-20-14-9-15-21-27/h7-21,28-30,33H,1,22-23H2,2-6H3/t28-,29+,30-/m0/s1. The second-order valence-electron chi connectivity index (χ2n) is 11.4. The lowest BCUT2D eigenvalue weighted by atomic mass is 9.80. The van der Waals surface area contributed by atoms with E-state index in [2.05, 4.69) is 113 Å². The first kappa shape index (κ1) is 26.6. The third kappa shape index (κ3) is 5.14. The van der Waals surface area contributed by atoms with Crippen molar-refractivity contribution >= 4 is 8.32 Å². The Morgan fingerprint density at radius 3 is 1.61 bits per heavy atom. The van der Waals surface area contributed by atoms with Crippen molar-refractivity contribution in [2.75, 3.05) is 6.61 Å². The minimum absolute atomic E-state index is 0.0785. The van der Waals surface area contributed by atoms with Crippen LogP contribution >= 0.6 is 0 Å². The van der Waals surface area contributed by atoms with Crippen LogP contribution in [-0.4, -0.2) is 32.2 Å². The van der Waals surface area contributed by atoms with Gasteiger partial charge in [-0.05, 0) is 40.4 Å². The van der Waals surface area contributed by atoms with Crippen LogP contribution in [0.25, 0.3) is 0 Å². The van der Waals surface area contributed by atoms with Crippen molar-refractivity contribution in [3.8, 4) is 0 Å². The van der Waals surface area contributed by atoms with Crippen LogP contribution in [-0.2, 0) is 14.8 Å². The molecule has 0 saturated heterocycles. The molecule has 0 bridgehead atoms. The van der Waals surface area contributed by atoms with Crippen LogP contribution in [0.1, 0.15) is 43.9 Å². The number of benzene rings is 3.